The SMILES string of the molecule is CON(C(=O)C(=O)O)C(Cc1ccccc1)C(=O)O. The summed E-state index contributed by atoms with van der Waals surface area (Å²) in [4.78, 5) is 37.7. The second-order valence-corrected chi connectivity index (χ2v) is 3.66. The van der Waals surface area contributed by atoms with E-state index in [-0.39, 0.29) is 6.42 Å². The number of aliphatic carboxylic acids is 2. The Morgan fingerprint density at radius 3 is 2.21 bits per heavy atom. The third kappa shape index (κ3) is 3.78. The topological polar surface area (TPSA) is 104 Å². The molecule has 19 heavy (non-hydrogen) atoms. The third-order valence-electron chi connectivity index (χ3n) is 2.42. The van der Waals surface area contributed by atoms with Gasteiger partial charge in [0, 0.05) is 6.42 Å². The van der Waals surface area contributed by atoms with E-state index >= 15 is 0 Å². The maximum Gasteiger partial charge on any atom is 0.396 e. The molecule has 0 saturated carbocycles. The normalized spacial score (nSPS) is 11.6. The molecule has 0 bridgehead atoms. The molecule has 0 radical (unpaired) electrons. The van der Waals surface area contributed by atoms with Crippen LogP contribution in [0.2, 0.25) is 0 Å². The first-order valence-electron chi connectivity index (χ1n) is 5.34. The van der Waals surface area contributed by atoms with Gasteiger partial charge >= 0.3 is 17.8 Å². The summed E-state index contributed by atoms with van der Waals surface area (Å²) in [6.45, 7) is 0. The van der Waals surface area contributed by atoms with Crippen molar-refractivity contribution in [3.63, 3.8) is 0 Å². The van der Waals surface area contributed by atoms with Gasteiger partial charge in [-0.15, -0.1) is 0 Å². The zero-order chi connectivity index (χ0) is 14.4. The van der Waals surface area contributed by atoms with Crippen LogP contribution < -0.4 is 0 Å². The molecule has 0 aromatic heterocycles. The summed E-state index contributed by atoms with van der Waals surface area (Å²) in [5.41, 5.74) is 0.648. The number of carboxylic acids is 2. The molecule has 7 nitrogen and oxygen atoms in total. The van der Waals surface area contributed by atoms with Crippen LogP contribution in [0.4, 0.5) is 0 Å². The van der Waals surface area contributed by atoms with Gasteiger partial charge in [-0.25, -0.2) is 9.59 Å². The van der Waals surface area contributed by atoms with E-state index in [1.54, 1.807) is 30.3 Å². The molecule has 0 fully saturated rings. The number of carbonyl (C=O) groups is 3. The Kier molecular flexibility index (Phi) is 5.01. The smallest absolute Gasteiger partial charge is 0.396 e. The van der Waals surface area contributed by atoms with Gasteiger partial charge < -0.3 is 10.2 Å². The number of benzene rings is 1. The highest BCUT2D eigenvalue weighted by atomic mass is 16.7. The highest BCUT2D eigenvalue weighted by Crippen LogP contribution is 2.10. The Labute approximate surface area is 109 Å². The van der Waals surface area contributed by atoms with Gasteiger partial charge in [0.1, 0.15) is 0 Å². The van der Waals surface area contributed by atoms with Crippen LogP contribution in [0.3, 0.4) is 0 Å². The molecule has 0 aliphatic rings. The van der Waals surface area contributed by atoms with Crippen molar-refractivity contribution < 1.29 is 29.4 Å². The van der Waals surface area contributed by atoms with E-state index < -0.39 is 23.9 Å². The number of carbonyl (C=O) groups excluding carboxylic acids is 1. The van der Waals surface area contributed by atoms with Gasteiger partial charge in [-0.3, -0.25) is 9.63 Å². The van der Waals surface area contributed by atoms with Gasteiger partial charge in [0.05, 0.1) is 7.11 Å². The average molecular weight is 267 g/mol. The summed E-state index contributed by atoms with van der Waals surface area (Å²) in [7, 11) is 1.04. The monoisotopic (exact) mass is 267 g/mol. The maximum absolute atomic E-state index is 11.3. The van der Waals surface area contributed by atoms with Crippen molar-refractivity contribution in [2.45, 2.75) is 12.5 Å². The minimum absolute atomic E-state index is 0.0525. The van der Waals surface area contributed by atoms with Gasteiger partial charge in [0.15, 0.2) is 6.04 Å². The van der Waals surface area contributed by atoms with E-state index in [9.17, 15) is 14.4 Å². The molecule has 0 spiro atoms. The average Bonchev–Trinajstić information content (AvgIpc) is 2.39. The van der Waals surface area contributed by atoms with E-state index in [4.69, 9.17) is 10.2 Å². The highest BCUT2D eigenvalue weighted by molar-refractivity contribution is 6.31. The van der Waals surface area contributed by atoms with Gasteiger partial charge in [0.25, 0.3) is 0 Å². The number of rotatable bonds is 5. The van der Waals surface area contributed by atoms with Crippen LogP contribution in [0.1, 0.15) is 5.56 Å². The van der Waals surface area contributed by atoms with Gasteiger partial charge in [-0.2, -0.15) is 5.06 Å². The van der Waals surface area contributed by atoms with Gasteiger partial charge in [0.2, 0.25) is 0 Å². The number of hydroxylamine groups is 2. The second kappa shape index (κ2) is 6.50. The maximum atomic E-state index is 11.3. The molecule has 1 unspecified atom stereocenters. The van der Waals surface area contributed by atoms with Crippen LogP contribution in [0.5, 0.6) is 0 Å². The molecule has 1 atom stereocenters. The molecule has 0 heterocycles. The molecule has 102 valence electrons. The van der Waals surface area contributed by atoms with Gasteiger partial charge in [-0.1, -0.05) is 30.3 Å². The van der Waals surface area contributed by atoms with E-state index in [0.29, 0.717) is 10.6 Å². The lowest BCUT2D eigenvalue weighted by molar-refractivity contribution is -0.200. The zero-order valence-electron chi connectivity index (χ0n) is 10.1. The molecule has 0 saturated heterocycles. The Morgan fingerprint density at radius 1 is 1.21 bits per heavy atom. The number of amides is 1. The van der Waals surface area contributed by atoms with Crippen molar-refractivity contribution in [3.8, 4) is 0 Å². The second-order valence-electron chi connectivity index (χ2n) is 3.66. The molecule has 1 amide bonds. The molecule has 1 aromatic carbocycles. The summed E-state index contributed by atoms with van der Waals surface area (Å²) in [5.74, 6) is -4.55. The molecule has 2 N–H and O–H groups in total. The predicted octanol–water partition coefficient (Wildman–Crippen LogP) is 0.157. The van der Waals surface area contributed by atoms with Crippen molar-refractivity contribution in [2.24, 2.45) is 0 Å². The minimum Gasteiger partial charge on any atom is -0.480 e. The summed E-state index contributed by atoms with van der Waals surface area (Å²) in [5, 5.41) is 18.1. The van der Waals surface area contributed by atoms with Gasteiger partial charge in [-0.05, 0) is 5.56 Å². The number of nitrogens with zero attached hydrogens (tertiary/aromatic N) is 1. The van der Waals surface area contributed by atoms with Crippen molar-refractivity contribution in [2.75, 3.05) is 7.11 Å². The fourth-order valence-electron chi connectivity index (χ4n) is 1.55. The van der Waals surface area contributed by atoms with Crippen LogP contribution in [0, 0.1) is 0 Å². The van der Waals surface area contributed by atoms with E-state index in [1.807, 2.05) is 0 Å². The van der Waals surface area contributed by atoms with E-state index in [0.717, 1.165) is 7.11 Å². The van der Waals surface area contributed by atoms with Crippen LogP contribution in [-0.4, -0.2) is 46.3 Å². The predicted molar refractivity (Wildman–Crippen MR) is 63.1 cm³/mol. The Morgan fingerprint density at radius 2 is 1.79 bits per heavy atom. The number of hydrogen-bond acceptors (Lipinski definition) is 4. The summed E-state index contributed by atoms with van der Waals surface area (Å²) < 4.78 is 0. The van der Waals surface area contributed by atoms with Crippen LogP contribution in [0.15, 0.2) is 30.3 Å². The molecule has 0 aliphatic heterocycles. The quantitative estimate of drug-likeness (QED) is 0.581. The highest BCUT2D eigenvalue weighted by Gasteiger charge is 2.34. The number of carboxylic acid groups (broad SMARTS) is 2. The lowest BCUT2D eigenvalue weighted by Gasteiger charge is -2.24. The lowest BCUT2D eigenvalue weighted by Crippen LogP contribution is -2.48. The minimum atomic E-state index is -1.78. The zero-order valence-corrected chi connectivity index (χ0v) is 10.1. The van der Waals surface area contributed by atoms with Crippen LogP contribution in [0.25, 0.3) is 0 Å². The third-order valence-corrected chi connectivity index (χ3v) is 2.42. The van der Waals surface area contributed by atoms with Crippen molar-refractivity contribution >= 4 is 17.8 Å². The molecule has 7 heteroatoms. The molecular formula is C12H13NO6. The Balaban J connectivity index is 2.96. The van der Waals surface area contributed by atoms with E-state index in [1.165, 1.54) is 0 Å². The number of hydrogen-bond donors (Lipinski definition) is 2. The van der Waals surface area contributed by atoms with Crippen LogP contribution >= 0.6 is 0 Å². The first-order valence-corrected chi connectivity index (χ1v) is 5.34. The molecular weight excluding hydrogens is 254 g/mol. The molecule has 0 aliphatic carbocycles. The first kappa shape index (κ1) is 14.7. The van der Waals surface area contributed by atoms with Crippen molar-refractivity contribution in [1.29, 1.82) is 0 Å². The fraction of sp³-hybridized carbons (Fsp3) is 0.250. The summed E-state index contributed by atoms with van der Waals surface area (Å²) in [6.07, 6.45) is -0.0525. The largest absolute Gasteiger partial charge is 0.480 e. The lowest BCUT2D eigenvalue weighted by atomic mass is 10.1. The van der Waals surface area contributed by atoms with Crippen LogP contribution in [-0.2, 0) is 25.6 Å². The molecule has 1 rings (SSSR count). The summed E-state index contributed by atoms with van der Waals surface area (Å²) in [6, 6.07) is 7.13. The standard InChI is InChI=1S/C12H13NO6/c1-19-13(10(14)12(17)18)9(11(15)16)7-8-5-3-2-4-6-8/h2-6,9H,7H2,1H3,(H,15,16)(H,17,18). The Hall–Kier alpha value is -2.41. The fourth-order valence-corrected chi connectivity index (χ4v) is 1.55. The van der Waals surface area contributed by atoms with E-state index in [2.05, 4.69) is 4.84 Å². The first-order chi connectivity index (χ1) is 8.97. The van der Waals surface area contributed by atoms with Crippen molar-refractivity contribution in [1.82, 2.24) is 5.06 Å². The Bertz CT molecular complexity index is 472. The molecule has 1 aromatic rings. The summed E-state index contributed by atoms with van der Waals surface area (Å²) >= 11 is 0. The van der Waals surface area contributed by atoms with Crippen molar-refractivity contribution in [3.05, 3.63) is 35.9 Å².